The lowest BCUT2D eigenvalue weighted by molar-refractivity contribution is 0.239. The third kappa shape index (κ3) is 4.74. The fourth-order valence-corrected chi connectivity index (χ4v) is 3.35. The highest BCUT2D eigenvalue weighted by Crippen LogP contribution is 2.36. The summed E-state index contributed by atoms with van der Waals surface area (Å²) in [6, 6.07) is 9.21. The van der Waals surface area contributed by atoms with Crippen LogP contribution >= 0.6 is 0 Å². The average molecular weight is 289 g/mol. The number of nitrogens with one attached hydrogen (secondary N) is 1. The van der Waals surface area contributed by atoms with Crippen molar-refractivity contribution in [3.63, 3.8) is 0 Å². The first-order valence-corrected chi connectivity index (χ1v) is 8.82. The van der Waals surface area contributed by atoms with Crippen molar-refractivity contribution in [2.45, 2.75) is 70.8 Å². The van der Waals surface area contributed by atoms with Crippen molar-refractivity contribution in [1.29, 1.82) is 0 Å². The van der Waals surface area contributed by atoms with Crippen LogP contribution in [0.5, 0.6) is 5.75 Å². The third-order valence-corrected chi connectivity index (χ3v) is 4.52. The molecule has 0 radical (unpaired) electrons. The number of unbranched alkanes of at least 4 members (excludes halogenated alkanes) is 3. The van der Waals surface area contributed by atoms with Gasteiger partial charge in [0.2, 0.25) is 0 Å². The lowest BCUT2D eigenvalue weighted by Gasteiger charge is -2.33. The maximum Gasteiger partial charge on any atom is 0.122 e. The Morgan fingerprint density at radius 2 is 2.00 bits per heavy atom. The summed E-state index contributed by atoms with van der Waals surface area (Å²) in [7, 11) is 0. The highest BCUT2D eigenvalue weighted by Gasteiger charge is 2.27. The highest BCUT2D eigenvalue weighted by molar-refractivity contribution is 5.38. The minimum atomic E-state index is 0.604. The molecule has 2 atom stereocenters. The Hall–Kier alpha value is -1.02. The molecule has 1 aliphatic heterocycles. The van der Waals surface area contributed by atoms with Crippen molar-refractivity contribution in [3.8, 4) is 5.75 Å². The van der Waals surface area contributed by atoms with Crippen LogP contribution in [0, 0.1) is 0 Å². The second-order valence-electron chi connectivity index (χ2n) is 6.19. The second-order valence-corrected chi connectivity index (χ2v) is 6.19. The molecule has 0 aliphatic carbocycles. The van der Waals surface area contributed by atoms with E-state index in [1.54, 1.807) is 0 Å². The van der Waals surface area contributed by atoms with Gasteiger partial charge in [0.15, 0.2) is 0 Å². The summed E-state index contributed by atoms with van der Waals surface area (Å²) in [4.78, 5) is 0. The molecule has 0 saturated heterocycles. The molecule has 2 nitrogen and oxygen atoms in total. The summed E-state index contributed by atoms with van der Waals surface area (Å²) < 4.78 is 5.82. The molecule has 1 N–H and O–H groups in total. The van der Waals surface area contributed by atoms with Crippen LogP contribution in [0.15, 0.2) is 24.3 Å². The van der Waals surface area contributed by atoms with Crippen LogP contribution in [0.25, 0.3) is 0 Å². The zero-order valence-electron chi connectivity index (χ0n) is 13.7. The summed E-state index contributed by atoms with van der Waals surface area (Å²) in [6.45, 7) is 6.51. The van der Waals surface area contributed by atoms with Crippen LogP contribution < -0.4 is 10.1 Å². The number of fused-ring (bicyclic) bond motifs is 1. The van der Waals surface area contributed by atoms with E-state index in [4.69, 9.17) is 4.74 Å². The van der Waals surface area contributed by atoms with Gasteiger partial charge in [-0.05, 0) is 37.4 Å². The molecule has 2 heteroatoms. The SMILES string of the molecule is CCCCCCC(NCCC)C1CCOc2ccccc21. The van der Waals surface area contributed by atoms with E-state index in [0.29, 0.717) is 12.0 Å². The number of benzene rings is 1. The topological polar surface area (TPSA) is 21.3 Å². The third-order valence-electron chi connectivity index (χ3n) is 4.52. The number of rotatable bonds is 9. The number of hydrogen-bond acceptors (Lipinski definition) is 2. The molecular formula is C19H31NO. The van der Waals surface area contributed by atoms with Gasteiger partial charge in [-0.25, -0.2) is 0 Å². The van der Waals surface area contributed by atoms with E-state index < -0.39 is 0 Å². The Bertz CT molecular complexity index is 404. The van der Waals surface area contributed by atoms with E-state index in [-0.39, 0.29) is 0 Å². The van der Waals surface area contributed by atoms with E-state index >= 15 is 0 Å². The molecule has 1 aromatic carbocycles. The van der Waals surface area contributed by atoms with Crippen molar-refractivity contribution in [1.82, 2.24) is 5.32 Å². The molecule has 0 saturated carbocycles. The largest absolute Gasteiger partial charge is 0.493 e. The summed E-state index contributed by atoms with van der Waals surface area (Å²) >= 11 is 0. The van der Waals surface area contributed by atoms with Crippen LogP contribution in [-0.2, 0) is 0 Å². The normalized spacial score (nSPS) is 18.9. The molecule has 1 aromatic rings. The van der Waals surface area contributed by atoms with Gasteiger partial charge in [0.05, 0.1) is 6.61 Å². The van der Waals surface area contributed by atoms with E-state index in [1.165, 1.54) is 44.1 Å². The molecular weight excluding hydrogens is 258 g/mol. The van der Waals surface area contributed by atoms with Gasteiger partial charge >= 0.3 is 0 Å². The minimum absolute atomic E-state index is 0.604. The molecule has 2 unspecified atom stereocenters. The minimum Gasteiger partial charge on any atom is -0.493 e. The summed E-state index contributed by atoms with van der Waals surface area (Å²) in [6.07, 6.45) is 9.03. The maximum absolute atomic E-state index is 5.82. The van der Waals surface area contributed by atoms with E-state index in [0.717, 1.165) is 25.3 Å². The zero-order chi connectivity index (χ0) is 14.9. The number of ether oxygens (including phenoxy) is 1. The van der Waals surface area contributed by atoms with E-state index in [9.17, 15) is 0 Å². The van der Waals surface area contributed by atoms with Crippen LogP contribution in [0.2, 0.25) is 0 Å². The van der Waals surface area contributed by atoms with Crippen LogP contribution in [0.1, 0.15) is 70.3 Å². The van der Waals surface area contributed by atoms with Gasteiger partial charge < -0.3 is 10.1 Å². The van der Waals surface area contributed by atoms with E-state index in [1.807, 2.05) is 0 Å². The van der Waals surface area contributed by atoms with Crippen molar-refractivity contribution >= 4 is 0 Å². The Kier molecular flexibility index (Phi) is 7.08. The maximum atomic E-state index is 5.82. The first kappa shape index (κ1) is 16.4. The molecule has 1 aliphatic rings. The molecule has 21 heavy (non-hydrogen) atoms. The molecule has 0 amide bonds. The van der Waals surface area contributed by atoms with Crippen molar-refractivity contribution < 1.29 is 4.74 Å². The monoisotopic (exact) mass is 289 g/mol. The van der Waals surface area contributed by atoms with Crippen LogP contribution in [-0.4, -0.2) is 19.2 Å². The second kappa shape index (κ2) is 9.09. The standard InChI is InChI=1S/C19H31NO/c1-3-5-6-7-11-18(20-14-4-2)16-13-15-21-19-12-9-8-10-17(16)19/h8-10,12,16,18,20H,3-7,11,13-15H2,1-2H3. The highest BCUT2D eigenvalue weighted by atomic mass is 16.5. The predicted octanol–water partition coefficient (Wildman–Crippen LogP) is 4.89. The number of para-hydroxylation sites is 1. The number of hydrogen-bond donors (Lipinski definition) is 1. The van der Waals surface area contributed by atoms with Gasteiger partial charge in [0, 0.05) is 12.0 Å². The van der Waals surface area contributed by atoms with Gasteiger partial charge in [0.1, 0.15) is 5.75 Å². The van der Waals surface area contributed by atoms with Gasteiger partial charge in [-0.1, -0.05) is 57.7 Å². The fourth-order valence-electron chi connectivity index (χ4n) is 3.35. The zero-order valence-corrected chi connectivity index (χ0v) is 13.7. The van der Waals surface area contributed by atoms with Gasteiger partial charge in [-0.2, -0.15) is 0 Å². The first-order valence-electron chi connectivity index (χ1n) is 8.82. The first-order chi connectivity index (χ1) is 10.4. The Balaban J connectivity index is 2.02. The average Bonchev–Trinajstić information content (AvgIpc) is 2.54. The van der Waals surface area contributed by atoms with Crippen molar-refractivity contribution in [2.24, 2.45) is 0 Å². The van der Waals surface area contributed by atoms with Gasteiger partial charge in [-0.3, -0.25) is 0 Å². The van der Waals surface area contributed by atoms with Gasteiger partial charge in [-0.15, -0.1) is 0 Å². The van der Waals surface area contributed by atoms with Crippen molar-refractivity contribution in [2.75, 3.05) is 13.2 Å². The predicted molar refractivity (Wildman–Crippen MR) is 90.1 cm³/mol. The molecule has 118 valence electrons. The van der Waals surface area contributed by atoms with Crippen LogP contribution in [0.4, 0.5) is 0 Å². The van der Waals surface area contributed by atoms with Crippen LogP contribution in [0.3, 0.4) is 0 Å². The lowest BCUT2D eigenvalue weighted by atomic mass is 9.84. The molecule has 0 fully saturated rings. The fraction of sp³-hybridized carbons (Fsp3) is 0.684. The lowest BCUT2D eigenvalue weighted by Crippen LogP contribution is -2.37. The Morgan fingerprint density at radius 3 is 2.81 bits per heavy atom. The quantitative estimate of drug-likeness (QED) is 0.653. The molecule has 0 aromatic heterocycles. The van der Waals surface area contributed by atoms with Crippen molar-refractivity contribution in [3.05, 3.63) is 29.8 Å². The summed E-state index contributed by atoms with van der Waals surface area (Å²) in [5.74, 6) is 1.72. The Labute approximate surface area is 130 Å². The molecule has 0 spiro atoms. The Morgan fingerprint density at radius 1 is 1.14 bits per heavy atom. The van der Waals surface area contributed by atoms with Gasteiger partial charge in [0.25, 0.3) is 0 Å². The summed E-state index contributed by atoms with van der Waals surface area (Å²) in [5.41, 5.74) is 1.41. The van der Waals surface area contributed by atoms with E-state index in [2.05, 4.69) is 43.4 Å². The summed E-state index contributed by atoms with van der Waals surface area (Å²) in [5, 5.41) is 3.80. The molecule has 0 bridgehead atoms. The molecule has 2 rings (SSSR count). The molecule has 1 heterocycles. The smallest absolute Gasteiger partial charge is 0.122 e.